The molecule has 0 aliphatic carbocycles. The smallest absolute Gasteiger partial charge is 0.263 e. The normalized spacial score (nSPS) is 10.2. The van der Waals surface area contributed by atoms with E-state index in [9.17, 15) is 4.79 Å². The minimum absolute atomic E-state index is 0.0580. The Labute approximate surface area is 127 Å². The number of nitrogens with zero attached hydrogens (tertiary/aromatic N) is 1. The second kappa shape index (κ2) is 6.58. The van der Waals surface area contributed by atoms with Gasteiger partial charge in [0.25, 0.3) is 5.91 Å². The molecule has 0 unspecified atom stereocenters. The Bertz CT molecular complexity index is 739. The minimum Gasteiger partial charge on any atom is -0.484 e. The van der Waals surface area contributed by atoms with Gasteiger partial charge in [-0.05, 0) is 17.7 Å². The van der Waals surface area contributed by atoms with Crippen LogP contribution in [0.3, 0.4) is 0 Å². The van der Waals surface area contributed by atoms with Crippen molar-refractivity contribution in [3.63, 3.8) is 0 Å². The van der Waals surface area contributed by atoms with E-state index in [0.717, 1.165) is 11.3 Å². The number of H-pyrrole nitrogens is 1. The van der Waals surface area contributed by atoms with Gasteiger partial charge in [-0.1, -0.05) is 48.5 Å². The summed E-state index contributed by atoms with van der Waals surface area (Å²) in [4.78, 5) is 11.8. The zero-order chi connectivity index (χ0) is 15.2. The zero-order valence-electron chi connectivity index (χ0n) is 11.8. The molecule has 3 aromatic rings. The Morgan fingerprint density at radius 3 is 2.45 bits per heavy atom. The van der Waals surface area contributed by atoms with Crippen molar-refractivity contribution >= 4 is 11.7 Å². The predicted molar refractivity (Wildman–Crippen MR) is 84.6 cm³/mol. The maximum absolute atomic E-state index is 11.8. The van der Waals surface area contributed by atoms with Crippen LogP contribution in [0, 0.1) is 0 Å². The summed E-state index contributed by atoms with van der Waals surface area (Å²) in [5, 5.41) is 9.67. The molecular weight excluding hydrogens is 278 g/mol. The van der Waals surface area contributed by atoms with Crippen LogP contribution < -0.4 is 10.1 Å². The molecule has 1 aromatic heterocycles. The lowest BCUT2D eigenvalue weighted by molar-refractivity contribution is -0.118. The first kappa shape index (κ1) is 13.9. The maximum atomic E-state index is 11.8. The number of benzene rings is 2. The van der Waals surface area contributed by atoms with Crippen LogP contribution in [-0.4, -0.2) is 22.7 Å². The van der Waals surface area contributed by atoms with Gasteiger partial charge in [-0.2, -0.15) is 5.10 Å². The monoisotopic (exact) mass is 293 g/mol. The summed E-state index contributed by atoms with van der Waals surface area (Å²) in [5.74, 6) is 0.875. The van der Waals surface area contributed by atoms with Gasteiger partial charge in [0.05, 0.1) is 5.69 Å². The standard InChI is InChI=1S/C17H15N3O2/c21-17(12-22-14-9-5-2-6-10-14)18-16-11-15(19-20-16)13-7-3-1-4-8-13/h1-11H,12H2,(H2,18,19,20,21). The van der Waals surface area contributed by atoms with Gasteiger partial charge in [-0.25, -0.2) is 0 Å². The zero-order valence-corrected chi connectivity index (χ0v) is 11.8. The molecule has 1 amide bonds. The molecule has 2 aromatic carbocycles. The number of nitrogens with one attached hydrogen (secondary N) is 2. The first-order valence-electron chi connectivity index (χ1n) is 6.90. The number of aromatic nitrogens is 2. The lowest BCUT2D eigenvalue weighted by Crippen LogP contribution is -2.20. The third-order valence-electron chi connectivity index (χ3n) is 3.04. The number of carbonyl (C=O) groups excluding carboxylic acids is 1. The molecule has 0 aliphatic heterocycles. The van der Waals surface area contributed by atoms with Crippen molar-refractivity contribution in [2.75, 3.05) is 11.9 Å². The van der Waals surface area contributed by atoms with Gasteiger partial charge in [0, 0.05) is 6.07 Å². The van der Waals surface area contributed by atoms with Gasteiger partial charge in [-0.15, -0.1) is 0 Å². The SMILES string of the molecule is O=C(COc1ccccc1)Nc1cc(-c2ccccc2)[nH]n1. The molecule has 0 radical (unpaired) electrons. The Balaban J connectivity index is 1.57. The van der Waals surface area contributed by atoms with Gasteiger partial charge in [0.1, 0.15) is 5.75 Å². The third-order valence-corrected chi connectivity index (χ3v) is 3.04. The number of para-hydroxylation sites is 1. The first-order valence-corrected chi connectivity index (χ1v) is 6.90. The molecule has 1 heterocycles. The topological polar surface area (TPSA) is 67.0 Å². The van der Waals surface area contributed by atoms with Crippen molar-refractivity contribution in [1.82, 2.24) is 10.2 Å². The minimum atomic E-state index is -0.255. The first-order chi connectivity index (χ1) is 10.8. The number of hydrogen-bond donors (Lipinski definition) is 2. The summed E-state index contributed by atoms with van der Waals surface area (Å²) in [5.41, 5.74) is 1.86. The lowest BCUT2D eigenvalue weighted by atomic mass is 10.2. The van der Waals surface area contributed by atoms with Gasteiger partial charge in [-0.3, -0.25) is 9.89 Å². The quantitative estimate of drug-likeness (QED) is 0.759. The highest BCUT2D eigenvalue weighted by molar-refractivity contribution is 5.91. The Morgan fingerprint density at radius 1 is 1.05 bits per heavy atom. The van der Waals surface area contributed by atoms with E-state index in [0.29, 0.717) is 11.6 Å². The Hall–Kier alpha value is -3.08. The number of ether oxygens (including phenoxy) is 1. The van der Waals surface area contributed by atoms with Crippen LogP contribution in [0.4, 0.5) is 5.82 Å². The number of rotatable bonds is 5. The van der Waals surface area contributed by atoms with Gasteiger partial charge in [0.15, 0.2) is 12.4 Å². The fourth-order valence-electron chi connectivity index (χ4n) is 2.00. The molecule has 3 rings (SSSR count). The molecule has 2 N–H and O–H groups in total. The number of carbonyl (C=O) groups is 1. The second-order valence-electron chi connectivity index (χ2n) is 4.68. The summed E-state index contributed by atoms with van der Waals surface area (Å²) in [6, 6.07) is 20.8. The number of amides is 1. The number of aromatic amines is 1. The van der Waals surface area contributed by atoms with Crippen molar-refractivity contribution in [2.45, 2.75) is 0 Å². The highest BCUT2D eigenvalue weighted by atomic mass is 16.5. The van der Waals surface area contributed by atoms with Crippen LogP contribution >= 0.6 is 0 Å². The van der Waals surface area contributed by atoms with E-state index in [-0.39, 0.29) is 12.5 Å². The maximum Gasteiger partial charge on any atom is 0.263 e. The Kier molecular flexibility index (Phi) is 4.15. The summed E-state index contributed by atoms with van der Waals surface area (Å²) < 4.78 is 5.38. The van der Waals surface area contributed by atoms with Crippen molar-refractivity contribution in [3.05, 3.63) is 66.7 Å². The van der Waals surface area contributed by atoms with Crippen molar-refractivity contribution in [2.24, 2.45) is 0 Å². The highest BCUT2D eigenvalue weighted by Crippen LogP contribution is 2.19. The van der Waals surface area contributed by atoms with Crippen LogP contribution in [0.25, 0.3) is 11.3 Å². The molecule has 0 aliphatic rings. The van der Waals surface area contributed by atoms with E-state index in [1.165, 1.54) is 0 Å². The summed E-state index contributed by atoms with van der Waals surface area (Å²) in [7, 11) is 0. The van der Waals surface area contributed by atoms with E-state index in [2.05, 4.69) is 15.5 Å². The van der Waals surface area contributed by atoms with Crippen molar-refractivity contribution < 1.29 is 9.53 Å². The van der Waals surface area contributed by atoms with E-state index in [1.54, 1.807) is 18.2 Å². The van der Waals surface area contributed by atoms with Crippen molar-refractivity contribution in [1.29, 1.82) is 0 Å². The summed E-state index contributed by atoms with van der Waals surface area (Å²) >= 11 is 0. The molecular formula is C17H15N3O2. The van der Waals surface area contributed by atoms with Crippen LogP contribution in [0.2, 0.25) is 0 Å². The van der Waals surface area contributed by atoms with Crippen molar-refractivity contribution in [3.8, 4) is 17.0 Å². The van der Waals surface area contributed by atoms with Crippen LogP contribution in [-0.2, 0) is 4.79 Å². The molecule has 22 heavy (non-hydrogen) atoms. The predicted octanol–water partition coefficient (Wildman–Crippen LogP) is 3.09. The molecule has 0 fully saturated rings. The molecule has 5 heteroatoms. The molecule has 0 bridgehead atoms. The fraction of sp³-hybridized carbons (Fsp3) is 0.0588. The van der Waals surface area contributed by atoms with Crippen LogP contribution in [0.15, 0.2) is 66.7 Å². The number of hydrogen-bond acceptors (Lipinski definition) is 3. The van der Waals surface area contributed by atoms with Gasteiger partial charge < -0.3 is 10.1 Å². The average Bonchev–Trinajstić information content (AvgIpc) is 3.03. The van der Waals surface area contributed by atoms with Crippen LogP contribution in [0.1, 0.15) is 0 Å². The molecule has 0 saturated heterocycles. The molecule has 0 saturated carbocycles. The molecule has 110 valence electrons. The largest absolute Gasteiger partial charge is 0.484 e. The fourth-order valence-corrected chi connectivity index (χ4v) is 2.00. The van der Waals surface area contributed by atoms with Crippen LogP contribution in [0.5, 0.6) is 5.75 Å². The summed E-state index contributed by atoms with van der Waals surface area (Å²) in [6.45, 7) is -0.0580. The lowest BCUT2D eigenvalue weighted by Gasteiger charge is -2.05. The van der Waals surface area contributed by atoms with E-state index in [1.807, 2.05) is 48.5 Å². The van der Waals surface area contributed by atoms with E-state index < -0.39 is 0 Å². The Morgan fingerprint density at radius 2 is 1.73 bits per heavy atom. The number of anilines is 1. The molecule has 0 atom stereocenters. The molecule has 0 spiro atoms. The van der Waals surface area contributed by atoms with Gasteiger partial charge >= 0.3 is 0 Å². The third kappa shape index (κ3) is 3.52. The summed E-state index contributed by atoms with van der Waals surface area (Å²) in [6.07, 6.45) is 0. The molecule has 5 nitrogen and oxygen atoms in total. The average molecular weight is 293 g/mol. The van der Waals surface area contributed by atoms with E-state index in [4.69, 9.17) is 4.74 Å². The van der Waals surface area contributed by atoms with E-state index >= 15 is 0 Å². The highest BCUT2D eigenvalue weighted by Gasteiger charge is 2.07. The van der Waals surface area contributed by atoms with Gasteiger partial charge in [0.2, 0.25) is 0 Å². The second-order valence-corrected chi connectivity index (χ2v) is 4.68.